The number of rotatable bonds is 5. The Morgan fingerprint density at radius 1 is 1.00 bits per heavy atom. The van der Waals surface area contributed by atoms with Gasteiger partial charge in [-0.05, 0) is 48.5 Å². The number of nitrogens with two attached hydrogens (primary N) is 1. The van der Waals surface area contributed by atoms with Crippen LogP contribution in [0.4, 0.5) is 5.69 Å². The summed E-state index contributed by atoms with van der Waals surface area (Å²) in [7, 11) is 0. The standard InChI is InChI=1S/C20H14Cl2N2O3/c21-13-9-12(10-14(22)11-13)18-7-5-15(27-18)6-8-19(25)24-17-4-2-1-3-16(17)20(23)26/h1-11H,(H2,23,26)(H,24,25)/b8-6+. The predicted molar refractivity (Wildman–Crippen MR) is 107 cm³/mol. The van der Waals surface area contributed by atoms with E-state index in [-0.39, 0.29) is 5.56 Å². The molecular weight excluding hydrogens is 387 g/mol. The summed E-state index contributed by atoms with van der Waals surface area (Å²) in [5, 5.41) is 3.61. The predicted octanol–water partition coefficient (Wildman–Crippen LogP) is 5.00. The Morgan fingerprint density at radius 2 is 1.70 bits per heavy atom. The lowest BCUT2D eigenvalue weighted by molar-refractivity contribution is -0.111. The Morgan fingerprint density at radius 3 is 2.41 bits per heavy atom. The second-order valence-electron chi connectivity index (χ2n) is 5.59. The fourth-order valence-electron chi connectivity index (χ4n) is 2.43. The first kappa shape index (κ1) is 18.8. The summed E-state index contributed by atoms with van der Waals surface area (Å²) < 4.78 is 5.68. The molecule has 0 spiro atoms. The highest BCUT2D eigenvalue weighted by atomic mass is 35.5. The number of furan rings is 1. The van der Waals surface area contributed by atoms with Gasteiger partial charge in [0.15, 0.2) is 0 Å². The Kier molecular flexibility index (Phi) is 5.64. The second kappa shape index (κ2) is 8.12. The van der Waals surface area contributed by atoms with Crippen LogP contribution in [0.1, 0.15) is 16.1 Å². The Bertz CT molecular complexity index is 1020. The minimum atomic E-state index is -0.620. The number of halogens is 2. The number of anilines is 1. The average Bonchev–Trinajstić information content (AvgIpc) is 3.08. The van der Waals surface area contributed by atoms with Crippen LogP contribution < -0.4 is 11.1 Å². The van der Waals surface area contributed by atoms with Gasteiger partial charge in [-0.25, -0.2) is 0 Å². The van der Waals surface area contributed by atoms with Crippen molar-refractivity contribution in [2.24, 2.45) is 5.73 Å². The lowest BCUT2D eigenvalue weighted by atomic mass is 10.1. The van der Waals surface area contributed by atoms with Crippen molar-refractivity contribution in [1.82, 2.24) is 0 Å². The van der Waals surface area contributed by atoms with Gasteiger partial charge in [0, 0.05) is 21.7 Å². The average molecular weight is 401 g/mol. The molecule has 3 rings (SSSR count). The second-order valence-corrected chi connectivity index (χ2v) is 6.47. The zero-order valence-electron chi connectivity index (χ0n) is 13.9. The minimum Gasteiger partial charge on any atom is -0.457 e. The highest BCUT2D eigenvalue weighted by molar-refractivity contribution is 6.35. The number of hydrogen-bond acceptors (Lipinski definition) is 3. The van der Waals surface area contributed by atoms with Crippen molar-refractivity contribution >= 4 is 46.8 Å². The highest BCUT2D eigenvalue weighted by Crippen LogP contribution is 2.29. The molecule has 0 unspecified atom stereocenters. The molecule has 27 heavy (non-hydrogen) atoms. The number of para-hydroxylation sites is 1. The molecule has 3 aromatic rings. The summed E-state index contributed by atoms with van der Waals surface area (Å²) in [6.07, 6.45) is 2.81. The largest absolute Gasteiger partial charge is 0.457 e. The quantitative estimate of drug-likeness (QED) is 0.590. The lowest BCUT2D eigenvalue weighted by Gasteiger charge is -2.06. The molecule has 2 amide bonds. The van der Waals surface area contributed by atoms with E-state index >= 15 is 0 Å². The van der Waals surface area contributed by atoms with Gasteiger partial charge in [-0.2, -0.15) is 0 Å². The monoisotopic (exact) mass is 400 g/mol. The fraction of sp³-hybridized carbons (Fsp3) is 0. The van der Waals surface area contributed by atoms with Gasteiger partial charge in [0.25, 0.3) is 5.91 Å². The van der Waals surface area contributed by atoms with E-state index in [1.54, 1.807) is 48.5 Å². The van der Waals surface area contributed by atoms with E-state index in [2.05, 4.69) is 5.32 Å². The van der Waals surface area contributed by atoms with Crippen LogP contribution in [-0.4, -0.2) is 11.8 Å². The maximum atomic E-state index is 12.1. The fourth-order valence-corrected chi connectivity index (χ4v) is 2.96. The molecule has 7 heteroatoms. The van der Waals surface area contributed by atoms with Gasteiger partial charge in [-0.1, -0.05) is 35.3 Å². The molecule has 0 atom stereocenters. The summed E-state index contributed by atoms with van der Waals surface area (Å²) in [4.78, 5) is 23.5. The third kappa shape index (κ3) is 4.78. The minimum absolute atomic E-state index is 0.234. The van der Waals surface area contributed by atoms with Crippen molar-refractivity contribution < 1.29 is 14.0 Å². The van der Waals surface area contributed by atoms with Crippen LogP contribution in [0.2, 0.25) is 10.0 Å². The van der Waals surface area contributed by atoms with E-state index in [1.807, 2.05) is 0 Å². The Balaban J connectivity index is 1.73. The first-order chi connectivity index (χ1) is 12.9. The molecule has 136 valence electrons. The van der Waals surface area contributed by atoms with Crippen LogP contribution in [0.25, 0.3) is 17.4 Å². The zero-order valence-corrected chi connectivity index (χ0v) is 15.4. The summed E-state index contributed by atoms with van der Waals surface area (Å²) in [5.41, 5.74) is 6.60. The highest BCUT2D eigenvalue weighted by Gasteiger charge is 2.09. The van der Waals surface area contributed by atoms with Gasteiger partial charge >= 0.3 is 0 Å². The van der Waals surface area contributed by atoms with E-state index in [1.165, 1.54) is 18.2 Å². The van der Waals surface area contributed by atoms with E-state index in [0.717, 1.165) is 5.56 Å². The zero-order chi connectivity index (χ0) is 19.4. The Labute approximate surface area is 165 Å². The summed E-state index contributed by atoms with van der Waals surface area (Å²) >= 11 is 12.0. The molecule has 0 aliphatic rings. The topological polar surface area (TPSA) is 85.3 Å². The van der Waals surface area contributed by atoms with Crippen LogP contribution in [0, 0.1) is 0 Å². The van der Waals surface area contributed by atoms with Gasteiger partial charge in [-0.15, -0.1) is 0 Å². The third-order valence-electron chi connectivity index (χ3n) is 3.62. The first-order valence-corrected chi connectivity index (χ1v) is 8.62. The lowest BCUT2D eigenvalue weighted by Crippen LogP contribution is -2.16. The molecule has 0 radical (unpaired) electrons. The van der Waals surface area contributed by atoms with Crippen LogP contribution in [0.15, 0.2) is 65.1 Å². The molecule has 0 aliphatic carbocycles. The van der Waals surface area contributed by atoms with Gasteiger partial charge < -0.3 is 15.5 Å². The normalized spacial score (nSPS) is 10.9. The van der Waals surface area contributed by atoms with Crippen LogP contribution in [-0.2, 0) is 4.79 Å². The molecule has 0 fully saturated rings. The van der Waals surface area contributed by atoms with Crippen molar-refractivity contribution in [2.45, 2.75) is 0 Å². The van der Waals surface area contributed by atoms with Gasteiger partial charge in [0.05, 0.1) is 11.3 Å². The number of primary amides is 1. The molecular formula is C20H14Cl2N2O3. The number of amides is 2. The molecule has 0 bridgehead atoms. The molecule has 0 saturated heterocycles. The van der Waals surface area contributed by atoms with Crippen molar-refractivity contribution in [3.05, 3.63) is 82.0 Å². The van der Waals surface area contributed by atoms with E-state index < -0.39 is 11.8 Å². The van der Waals surface area contributed by atoms with Gasteiger partial charge in [0.2, 0.25) is 5.91 Å². The summed E-state index contributed by atoms with van der Waals surface area (Å²) in [6, 6.07) is 15.0. The maximum Gasteiger partial charge on any atom is 0.250 e. The summed E-state index contributed by atoms with van der Waals surface area (Å²) in [6.45, 7) is 0. The number of carbonyl (C=O) groups excluding carboxylic acids is 2. The number of nitrogens with one attached hydrogen (secondary N) is 1. The maximum absolute atomic E-state index is 12.1. The summed E-state index contributed by atoms with van der Waals surface area (Å²) in [5.74, 6) is -0.00356. The van der Waals surface area contributed by atoms with E-state index in [4.69, 9.17) is 33.4 Å². The van der Waals surface area contributed by atoms with Crippen LogP contribution >= 0.6 is 23.2 Å². The van der Waals surface area contributed by atoms with Crippen LogP contribution in [0.5, 0.6) is 0 Å². The van der Waals surface area contributed by atoms with Gasteiger partial charge in [-0.3, -0.25) is 9.59 Å². The number of hydrogen-bond donors (Lipinski definition) is 2. The van der Waals surface area contributed by atoms with Gasteiger partial charge in [0.1, 0.15) is 11.5 Å². The van der Waals surface area contributed by atoms with Crippen molar-refractivity contribution in [2.75, 3.05) is 5.32 Å². The molecule has 1 heterocycles. The van der Waals surface area contributed by atoms with E-state index in [9.17, 15) is 9.59 Å². The first-order valence-electron chi connectivity index (χ1n) is 7.86. The Hall–Kier alpha value is -3.02. The third-order valence-corrected chi connectivity index (χ3v) is 4.06. The smallest absolute Gasteiger partial charge is 0.250 e. The van der Waals surface area contributed by atoms with Crippen molar-refractivity contribution in [3.63, 3.8) is 0 Å². The molecule has 2 aromatic carbocycles. The van der Waals surface area contributed by atoms with E-state index in [0.29, 0.717) is 27.3 Å². The number of benzene rings is 2. The van der Waals surface area contributed by atoms with Crippen molar-refractivity contribution in [3.8, 4) is 11.3 Å². The van der Waals surface area contributed by atoms with Crippen LogP contribution in [0.3, 0.4) is 0 Å². The molecule has 0 saturated carbocycles. The molecule has 3 N–H and O–H groups in total. The SMILES string of the molecule is NC(=O)c1ccccc1NC(=O)/C=C/c1ccc(-c2cc(Cl)cc(Cl)c2)o1. The molecule has 0 aliphatic heterocycles. The van der Waals surface area contributed by atoms with Crippen molar-refractivity contribution in [1.29, 1.82) is 0 Å². The molecule has 5 nitrogen and oxygen atoms in total. The molecule has 1 aromatic heterocycles. The number of carbonyl (C=O) groups is 2.